The molecule has 0 saturated carbocycles. The van der Waals surface area contributed by atoms with Crippen molar-refractivity contribution in [1.29, 1.82) is 0 Å². The van der Waals surface area contributed by atoms with Crippen LogP contribution in [0.3, 0.4) is 0 Å². The molecule has 10 rings (SSSR count). The van der Waals surface area contributed by atoms with Crippen LogP contribution in [-0.4, -0.2) is 0 Å². The van der Waals surface area contributed by atoms with E-state index in [1.807, 2.05) is 0 Å². The summed E-state index contributed by atoms with van der Waals surface area (Å²) in [5.41, 5.74) is 19.5. The first-order valence-electron chi connectivity index (χ1n) is 19.3. The number of benzene rings is 7. The molecule has 0 aliphatic heterocycles. The monoisotopic (exact) mass is 699 g/mol. The fourth-order valence-electron chi connectivity index (χ4n) is 9.92. The zero-order valence-electron chi connectivity index (χ0n) is 32.2. The summed E-state index contributed by atoms with van der Waals surface area (Å²) in [7, 11) is 0. The van der Waals surface area contributed by atoms with Gasteiger partial charge in [0.1, 0.15) is 11.2 Å². The minimum Gasteiger partial charge on any atom is -0.456 e. The van der Waals surface area contributed by atoms with Crippen molar-refractivity contribution in [2.45, 2.75) is 64.7 Å². The van der Waals surface area contributed by atoms with Gasteiger partial charge < -0.3 is 9.32 Å². The maximum atomic E-state index is 6.60. The second kappa shape index (κ2) is 11.3. The Labute approximate surface area is 318 Å². The molecule has 0 amide bonds. The summed E-state index contributed by atoms with van der Waals surface area (Å²) in [6.45, 7) is 17.0. The molecule has 0 saturated heterocycles. The number of nitrogens with zero attached hydrogens (tertiary/aromatic N) is 1. The number of fused-ring (bicyclic) bond motifs is 9. The zero-order valence-corrected chi connectivity index (χ0v) is 32.2. The third kappa shape index (κ3) is 4.53. The molecule has 54 heavy (non-hydrogen) atoms. The molecule has 264 valence electrons. The summed E-state index contributed by atoms with van der Waals surface area (Å²) in [5, 5.41) is 2.27. The molecule has 2 heteroatoms. The highest BCUT2D eigenvalue weighted by molar-refractivity contribution is 6.07. The first-order chi connectivity index (χ1) is 26.0. The SMILES string of the molecule is CC(C)(C)c1c2c(c(N(c3ccc(-c4ccccc4)cc3)c3ccc4c(c3)oc3ccccc34)c3c1-c1ccccc1C3(C)C)C(C)(C)c1ccccc1-2. The van der Waals surface area contributed by atoms with Gasteiger partial charge in [-0.05, 0) is 96.9 Å². The van der Waals surface area contributed by atoms with Crippen LogP contribution < -0.4 is 4.90 Å². The van der Waals surface area contributed by atoms with E-state index in [1.165, 1.54) is 66.9 Å². The summed E-state index contributed by atoms with van der Waals surface area (Å²) in [6, 6.07) is 53.4. The zero-order chi connectivity index (χ0) is 37.1. The minimum atomic E-state index is -0.271. The van der Waals surface area contributed by atoms with Crippen molar-refractivity contribution in [2.75, 3.05) is 4.90 Å². The molecular formula is C52H45NO. The fraction of sp³-hybridized carbons (Fsp3) is 0.192. The number of hydrogen-bond acceptors (Lipinski definition) is 2. The normalized spacial score (nSPS) is 14.9. The van der Waals surface area contributed by atoms with Crippen LogP contribution in [0.25, 0.3) is 55.3 Å². The Bertz CT molecular complexity index is 2710. The molecule has 2 aliphatic rings. The average Bonchev–Trinajstić information content (AvgIpc) is 3.74. The van der Waals surface area contributed by atoms with Crippen molar-refractivity contribution in [3.63, 3.8) is 0 Å². The van der Waals surface area contributed by atoms with Crippen LogP contribution in [0, 0.1) is 0 Å². The van der Waals surface area contributed by atoms with E-state index in [-0.39, 0.29) is 16.2 Å². The lowest BCUT2D eigenvalue weighted by Crippen LogP contribution is -2.27. The van der Waals surface area contributed by atoms with Crippen molar-refractivity contribution in [2.24, 2.45) is 0 Å². The van der Waals surface area contributed by atoms with Crippen LogP contribution in [0.1, 0.15) is 76.3 Å². The Morgan fingerprint density at radius 1 is 0.481 bits per heavy atom. The van der Waals surface area contributed by atoms with Crippen LogP contribution in [0.15, 0.2) is 150 Å². The smallest absolute Gasteiger partial charge is 0.137 e. The molecule has 7 aromatic carbocycles. The van der Waals surface area contributed by atoms with E-state index in [2.05, 4.69) is 199 Å². The Morgan fingerprint density at radius 2 is 0.981 bits per heavy atom. The first-order valence-corrected chi connectivity index (χ1v) is 19.3. The maximum absolute atomic E-state index is 6.60. The second-order valence-electron chi connectivity index (χ2n) is 17.3. The summed E-state index contributed by atoms with van der Waals surface area (Å²) in [6.07, 6.45) is 0. The number of rotatable bonds is 4. The minimum absolute atomic E-state index is 0.122. The lowest BCUT2D eigenvalue weighted by Gasteiger charge is -2.39. The molecule has 0 fully saturated rings. The molecule has 1 aromatic heterocycles. The molecule has 0 N–H and O–H groups in total. The third-order valence-corrected chi connectivity index (χ3v) is 12.3. The van der Waals surface area contributed by atoms with Gasteiger partial charge in [0.25, 0.3) is 0 Å². The van der Waals surface area contributed by atoms with E-state index in [9.17, 15) is 0 Å². The van der Waals surface area contributed by atoms with Gasteiger partial charge in [-0.1, -0.05) is 158 Å². The lowest BCUT2D eigenvalue weighted by atomic mass is 9.71. The maximum Gasteiger partial charge on any atom is 0.137 e. The lowest BCUT2D eigenvalue weighted by molar-refractivity contribution is 0.587. The quantitative estimate of drug-likeness (QED) is 0.182. The van der Waals surface area contributed by atoms with Gasteiger partial charge in [-0.3, -0.25) is 0 Å². The van der Waals surface area contributed by atoms with Gasteiger partial charge in [-0.25, -0.2) is 0 Å². The Kier molecular flexibility index (Phi) is 6.87. The average molecular weight is 700 g/mol. The van der Waals surface area contributed by atoms with Crippen molar-refractivity contribution in [1.82, 2.24) is 0 Å². The summed E-state index contributed by atoms with van der Waals surface area (Å²) >= 11 is 0. The largest absolute Gasteiger partial charge is 0.456 e. The van der Waals surface area contributed by atoms with Gasteiger partial charge in [0.2, 0.25) is 0 Å². The molecule has 2 aliphatic carbocycles. The summed E-state index contributed by atoms with van der Waals surface area (Å²) in [5.74, 6) is 0. The third-order valence-electron chi connectivity index (χ3n) is 12.3. The molecular weight excluding hydrogens is 655 g/mol. The van der Waals surface area contributed by atoms with E-state index < -0.39 is 0 Å². The van der Waals surface area contributed by atoms with Crippen molar-refractivity contribution in [3.8, 4) is 33.4 Å². The van der Waals surface area contributed by atoms with Crippen LogP contribution in [0.4, 0.5) is 17.1 Å². The van der Waals surface area contributed by atoms with Gasteiger partial charge >= 0.3 is 0 Å². The highest BCUT2D eigenvalue weighted by Gasteiger charge is 2.50. The van der Waals surface area contributed by atoms with E-state index in [1.54, 1.807) is 0 Å². The van der Waals surface area contributed by atoms with Gasteiger partial charge in [-0.15, -0.1) is 0 Å². The van der Waals surface area contributed by atoms with E-state index in [0.29, 0.717) is 0 Å². The van der Waals surface area contributed by atoms with Crippen LogP contribution in [-0.2, 0) is 16.2 Å². The predicted octanol–water partition coefficient (Wildman–Crippen LogP) is 14.6. The number of furan rings is 1. The van der Waals surface area contributed by atoms with Gasteiger partial charge in [-0.2, -0.15) is 0 Å². The molecule has 0 radical (unpaired) electrons. The molecule has 0 unspecified atom stereocenters. The molecule has 0 atom stereocenters. The second-order valence-corrected chi connectivity index (χ2v) is 17.3. The fourth-order valence-corrected chi connectivity index (χ4v) is 9.92. The van der Waals surface area contributed by atoms with Crippen molar-refractivity contribution < 1.29 is 4.42 Å². The van der Waals surface area contributed by atoms with Gasteiger partial charge in [0, 0.05) is 39.0 Å². The summed E-state index contributed by atoms with van der Waals surface area (Å²) < 4.78 is 6.60. The first kappa shape index (κ1) is 32.8. The van der Waals surface area contributed by atoms with Crippen molar-refractivity contribution >= 4 is 39.0 Å². The standard InChI is InChI=1S/C52H45NO/c1-50(2,3)46-44-38-20-11-14-22-40(38)51(4,5)47(44)49(48-45(46)39-21-12-15-23-41(39)52(48,6)7)53(34-27-25-33(26-28-34)32-17-9-8-10-18-32)35-29-30-37-36-19-13-16-24-42(36)54-43(37)31-35/h8-31H,1-7H3. The molecule has 0 spiro atoms. The highest BCUT2D eigenvalue weighted by Crippen LogP contribution is 2.65. The molecule has 0 bridgehead atoms. The Morgan fingerprint density at radius 3 is 1.59 bits per heavy atom. The number of anilines is 3. The van der Waals surface area contributed by atoms with E-state index in [0.717, 1.165) is 33.3 Å². The Balaban J connectivity index is 1.37. The van der Waals surface area contributed by atoms with Crippen molar-refractivity contribution in [3.05, 3.63) is 173 Å². The molecule has 2 nitrogen and oxygen atoms in total. The Hall–Kier alpha value is -5.86. The molecule has 1 heterocycles. The van der Waals surface area contributed by atoms with Gasteiger partial charge in [0.05, 0.1) is 5.69 Å². The summed E-state index contributed by atoms with van der Waals surface area (Å²) in [4.78, 5) is 2.56. The van der Waals surface area contributed by atoms with Crippen LogP contribution in [0.2, 0.25) is 0 Å². The topological polar surface area (TPSA) is 16.4 Å². The van der Waals surface area contributed by atoms with Crippen LogP contribution >= 0.6 is 0 Å². The number of hydrogen-bond donors (Lipinski definition) is 0. The highest BCUT2D eigenvalue weighted by atomic mass is 16.3. The number of para-hydroxylation sites is 1. The van der Waals surface area contributed by atoms with E-state index in [4.69, 9.17) is 4.42 Å². The van der Waals surface area contributed by atoms with E-state index >= 15 is 0 Å². The van der Waals surface area contributed by atoms with Crippen LogP contribution in [0.5, 0.6) is 0 Å². The molecule has 8 aromatic rings. The van der Waals surface area contributed by atoms with Gasteiger partial charge in [0.15, 0.2) is 0 Å². The predicted molar refractivity (Wildman–Crippen MR) is 228 cm³/mol.